The number of piperidine rings is 1. The average Bonchev–Trinajstić information content (AvgIpc) is 2.57. The lowest BCUT2D eigenvalue weighted by atomic mass is 10.00. The molecule has 5 nitrogen and oxygen atoms in total. The van der Waals surface area contributed by atoms with Crippen molar-refractivity contribution in [3.63, 3.8) is 0 Å². The molecule has 0 bridgehead atoms. The Bertz CT molecular complexity index is 736. The highest BCUT2D eigenvalue weighted by atomic mass is 35.5. The van der Waals surface area contributed by atoms with E-state index in [0.717, 1.165) is 19.5 Å². The number of rotatable bonds is 3. The maximum atomic E-state index is 12.5. The van der Waals surface area contributed by atoms with Crippen LogP contribution in [0.2, 0.25) is 10.0 Å². The molecule has 1 aliphatic rings. The van der Waals surface area contributed by atoms with Crippen LogP contribution in [0.15, 0.2) is 30.6 Å². The zero-order valence-electron chi connectivity index (χ0n) is 13.3. The van der Waals surface area contributed by atoms with Crippen LogP contribution >= 0.6 is 23.2 Å². The van der Waals surface area contributed by atoms with Gasteiger partial charge >= 0.3 is 0 Å². The van der Waals surface area contributed by atoms with Crippen molar-refractivity contribution in [1.29, 1.82) is 0 Å². The van der Waals surface area contributed by atoms with Crippen molar-refractivity contribution in [1.82, 2.24) is 14.9 Å². The van der Waals surface area contributed by atoms with Crippen molar-refractivity contribution in [3.05, 3.63) is 46.2 Å². The molecule has 2 heterocycles. The average molecular weight is 365 g/mol. The number of nitrogens with one attached hydrogen (secondary N) is 1. The van der Waals surface area contributed by atoms with E-state index in [9.17, 15) is 4.79 Å². The number of carbonyl (C=O) groups excluding carboxylic acids is 1. The summed E-state index contributed by atoms with van der Waals surface area (Å²) >= 11 is 12.0. The highest BCUT2D eigenvalue weighted by molar-refractivity contribution is 6.36. The molecule has 1 unspecified atom stereocenters. The molecule has 1 saturated heterocycles. The summed E-state index contributed by atoms with van der Waals surface area (Å²) in [6.45, 7) is 3.75. The number of nitrogens with zero attached hydrogens (tertiary/aromatic N) is 3. The first-order valence-electron chi connectivity index (χ1n) is 7.86. The Balaban J connectivity index is 1.69. The minimum Gasteiger partial charge on any atom is -0.338 e. The van der Waals surface area contributed by atoms with Gasteiger partial charge in [0.2, 0.25) is 5.95 Å². The molecule has 1 aromatic heterocycles. The minimum atomic E-state index is -0.0161. The SMILES string of the molecule is CC1CCCN(C(=O)c2cnc(Nc3ccc(Cl)cc3Cl)nc2)C1. The third-order valence-electron chi connectivity index (χ3n) is 4.02. The summed E-state index contributed by atoms with van der Waals surface area (Å²) in [7, 11) is 0. The number of amides is 1. The third-order valence-corrected chi connectivity index (χ3v) is 4.57. The van der Waals surface area contributed by atoms with Crippen molar-refractivity contribution in [3.8, 4) is 0 Å². The van der Waals surface area contributed by atoms with Gasteiger partial charge in [0.1, 0.15) is 0 Å². The molecule has 126 valence electrons. The van der Waals surface area contributed by atoms with E-state index < -0.39 is 0 Å². The van der Waals surface area contributed by atoms with Crippen LogP contribution in [0.25, 0.3) is 0 Å². The van der Waals surface area contributed by atoms with Gasteiger partial charge in [0.05, 0.1) is 16.3 Å². The Labute approximate surface area is 151 Å². The normalized spacial score (nSPS) is 17.6. The predicted molar refractivity (Wildman–Crippen MR) is 96.1 cm³/mol. The van der Waals surface area contributed by atoms with Crippen LogP contribution in [-0.2, 0) is 0 Å². The fourth-order valence-corrected chi connectivity index (χ4v) is 3.23. The van der Waals surface area contributed by atoms with Crippen LogP contribution in [0.3, 0.4) is 0 Å². The van der Waals surface area contributed by atoms with Crippen LogP contribution in [-0.4, -0.2) is 33.9 Å². The van der Waals surface area contributed by atoms with E-state index >= 15 is 0 Å². The Kier molecular flexibility index (Phi) is 5.21. The van der Waals surface area contributed by atoms with Gasteiger partial charge in [0.15, 0.2) is 0 Å². The first-order chi connectivity index (χ1) is 11.5. The summed E-state index contributed by atoms with van der Waals surface area (Å²) in [5.74, 6) is 0.900. The number of aromatic nitrogens is 2. The van der Waals surface area contributed by atoms with Gasteiger partial charge in [-0.1, -0.05) is 30.1 Å². The molecule has 0 aliphatic carbocycles. The van der Waals surface area contributed by atoms with Gasteiger partial charge in [-0.25, -0.2) is 9.97 Å². The number of halogens is 2. The summed E-state index contributed by atoms with van der Waals surface area (Å²) in [6.07, 6.45) is 5.30. The number of likely N-dealkylation sites (tertiary alicyclic amines) is 1. The van der Waals surface area contributed by atoms with Gasteiger partial charge in [-0.05, 0) is 37.0 Å². The van der Waals surface area contributed by atoms with Gasteiger partial charge in [0.25, 0.3) is 5.91 Å². The molecule has 1 amide bonds. The van der Waals surface area contributed by atoms with Crippen molar-refractivity contribution >= 4 is 40.7 Å². The number of carbonyl (C=O) groups is 1. The zero-order chi connectivity index (χ0) is 17.1. The molecule has 3 rings (SSSR count). The van der Waals surface area contributed by atoms with Crippen LogP contribution < -0.4 is 5.32 Å². The summed E-state index contributed by atoms with van der Waals surface area (Å²) < 4.78 is 0. The molecule has 1 aromatic carbocycles. The zero-order valence-corrected chi connectivity index (χ0v) is 14.8. The molecule has 0 saturated carbocycles. The fourth-order valence-electron chi connectivity index (χ4n) is 2.77. The van der Waals surface area contributed by atoms with Crippen LogP contribution in [0, 0.1) is 5.92 Å². The van der Waals surface area contributed by atoms with E-state index in [1.54, 1.807) is 30.6 Å². The quantitative estimate of drug-likeness (QED) is 0.876. The Morgan fingerprint density at radius 1 is 1.29 bits per heavy atom. The first-order valence-corrected chi connectivity index (χ1v) is 8.62. The first kappa shape index (κ1) is 17.0. The van der Waals surface area contributed by atoms with Gasteiger partial charge in [-0.15, -0.1) is 0 Å². The molecule has 0 radical (unpaired) electrons. The lowest BCUT2D eigenvalue weighted by Crippen LogP contribution is -2.39. The summed E-state index contributed by atoms with van der Waals surface area (Å²) in [5.41, 5.74) is 1.15. The van der Waals surface area contributed by atoms with Crippen LogP contribution in [0.1, 0.15) is 30.1 Å². The Morgan fingerprint density at radius 3 is 2.71 bits per heavy atom. The van der Waals surface area contributed by atoms with E-state index in [-0.39, 0.29) is 5.91 Å². The standard InChI is InChI=1S/C17H18Cl2N4O/c1-11-3-2-6-23(10-11)16(24)12-8-20-17(21-9-12)22-15-5-4-13(18)7-14(15)19/h4-5,7-9,11H,2-3,6,10H2,1H3,(H,20,21,22). The van der Waals surface area contributed by atoms with E-state index in [4.69, 9.17) is 23.2 Å². The number of benzene rings is 1. The highest BCUT2D eigenvalue weighted by Crippen LogP contribution is 2.27. The van der Waals surface area contributed by atoms with Gasteiger partial charge < -0.3 is 10.2 Å². The lowest BCUT2D eigenvalue weighted by molar-refractivity contribution is 0.0682. The van der Waals surface area contributed by atoms with Gasteiger partial charge in [0, 0.05) is 30.5 Å². The molecular formula is C17H18Cl2N4O. The fraction of sp³-hybridized carbons (Fsp3) is 0.353. The number of anilines is 2. The maximum Gasteiger partial charge on any atom is 0.257 e. The molecule has 1 fully saturated rings. The van der Waals surface area contributed by atoms with Crippen LogP contribution in [0.5, 0.6) is 0 Å². The molecule has 0 spiro atoms. The summed E-state index contributed by atoms with van der Waals surface area (Å²) in [4.78, 5) is 22.8. The second-order valence-electron chi connectivity index (χ2n) is 6.04. The van der Waals surface area contributed by atoms with Crippen LogP contribution in [0.4, 0.5) is 11.6 Å². The molecule has 1 aliphatic heterocycles. The van der Waals surface area contributed by atoms with E-state index in [2.05, 4.69) is 22.2 Å². The summed E-state index contributed by atoms with van der Waals surface area (Å²) in [5, 5.41) is 4.05. The topological polar surface area (TPSA) is 58.1 Å². The van der Waals surface area contributed by atoms with Crippen molar-refractivity contribution < 1.29 is 4.79 Å². The predicted octanol–water partition coefficient (Wildman–Crippen LogP) is 4.40. The van der Waals surface area contributed by atoms with E-state index in [1.807, 2.05) is 4.90 Å². The largest absolute Gasteiger partial charge is 0.338 e. The third kappa shape index (κ3) is 3.97. The van der Waals surface area contributed by atoms with Gasteiger partial charge in [-0.2, -0.15) is 0 Å². The molecule has 7 heteroatoms. The molecule has 1 N–H and O–H groups in total. The number of hydrogen-bond acceptors (Lipinski definition) is 4. The van der Waals surface area contributed by atoms with E-state index in [0.29, 0.717) is 33.2 Å². The lowest BCUT2D eigenvalue weighted by Gasteiger charge is -2.30. The van der Waals surface area contributed by atoms with Crippen molar-refractivity contribution in [2.45, 2.75) is 19.8 Å². The van der Waals surface area contributed by atoms with Gasteiger partial charge in [-0.3, -0.25) is 4.79 Å². The smallest absolute Gasteiger partial charge is 0.257 e. The Hall–Kier alpha value is -1.85. The Morgan fingerprint density at radius 2 is 2.04 bits per heavy atom. The monoisotopic (exact) mass is 364 g/mol. The molecule has 24 heavy (non-hydrogen) atoms. The number of hydrogen-bond donors (Lipinski definition) is 1. The van der Waals surface area contributed by atoms with Crippen molar-refractivity contribution in [2.24, 2.45) is 5.92 Å². The maximum absolute atomic E-state index is 12.5. The molecular weight excluding hydrogens is 347 g/mol. The summed E-state index contributed by atoms with van der Waals surface area (Å²) in [6, 6.07) is 5.12. The van der Waals surface area contributed by atoms with E-state index in [1.165, 1.54) is 6.42 Å². The van der Waals surface area contributed by atoms with Crippen molar-refractivity contribution in [2.75, 3.05) is 18.4 Å². The minimum absolute atomic E-state index is 0.0161. The second-order valence-corrected chi connectivity index (χ2v) is 6.89. The second kappa shape index (κ2) is 7.36. The molecule has 2 aromatic rings. The molecule has 1 atom stereocenters. The highest BCUT2D eigenvalue weighted by Gasteiger charge is 2.22.